The Morgan fingerprint density at radius 2 is 1.77 bits per heavy atom. The number of aromatic nitrogens is 3. The number of nitrogens with zero attached hydrogens (tertiary/aromatic N) is 4. The molecule has 1 aliphatic carbocycles. The predicted octanol–water partition coefficient (Wildman–Crippen LogP) is 4.06. The molecule has 3 aromatic rings. The molecular formula is C33H40N6O4S. The van der Waals surface area contributed by atoms with Crippen LogP contribution in [0.25, 0.3) is 11.4 Å². The van der Waals surface area contributed by atoms with Crippen molar-refractivity contribution < 1.29 is 19.2 Å². The van der Waals surface area contributed by atoms with Crippen molar-refractivity contribution in [1.29, 1.82) is 0 Å². The average Bonchev–Trinajstić information content (AvgIpc) is 3.62. The van der Waals surface area contributed by atoms with Gasteiger partial charge in [-0.2, -0.15) is 16.9 Å². The van der Waals surface area contributed by atoms with Gasteiger partial charge in [0.25, 0.3) is 5.91 Å². The maximum Gasteiger partial charge on any atom is 0.254 e. The molecule has 0 saturated heterocycles. The second-order valence-corrected chi connectivity index (χ2v) is 12.7. The molecule has 2 aromatic carbocycles. The van der Waals surface area contributed by atoms with Gasteiger partial charge in [0.05, 0.1) is 12.6 Å². The van der Waals surface area contributed by atoms with Crippen LogP contribution in [0.2, 0.25) is 0 Å². The minimum absolute atomic E-state index is 0.0301. The molecule has 5 rings (SSSR count). The topological polar surface area (TPSA) is 126 Å². The van der Waals surface area contributed by atoms with Crippen molar-refractivity contribution in [3.05, 3.63) is 71.0 Å². The number of thioether (sulfide) groups is 1. The van der Waals surface area contributed by atoms with Gasteiger partial charge >= 0.3 is 0 Å². The fourth-order valence-corrected chi connectivity index (χ4v) is 6.31. The van der Waals surface area contributed by atoms with E-state index >= 15 is 0 Å². The van der Waals surface area contributed by atoms with Crippen LogP contribution in [0.15, 0.2) is 48.5 Å². The normalized spacial score (nSPS) is 19.6. The minimum Gasteiger partial charge on any atom is -0.344 e. The van der Waals surface area contributed by atoms with Crippen molar-refractivity contribution in [1.82, 2.24) is 30.3 Å². The number of hydrogen-bond donors (Lipinski definition) is 2. The van der Waals surface area contributed by atoms with Gasteiger partial charge in [0.1, 0.15) is 6.04 Å². The molecule has 0 saturated carbocycles. The van der Waals surface area contributed by atoms with Gasteiger partial charge in [0.2, 0.25) is 11.8 Å². The summed E-state index contributed by atoms with van der Waals surface area (Å²) in [5, 5.41) is 11.0. The highest BCUT2D eigenvalue weighted by Crippen LogP contribution is 2.28. The molecule has 0 unspecified atom stereocenters. The fraction of sp³-hybridized carbons (Fsp3) is 0.455. The summed E-state index contributed by atoms with van der Waals surface area (Å²) in [6.07, 6.45) is 4.03. The largest absolute Gasteiger partial charge is 0.344 e. The molecule has 44 heavy (non-hydrogen) atoms. The van der Waals surface area contributed by atoms with Crippen LogP contribution in [0.5, 0.6) is 0 Å². The van der Waals surface area contributed by atoms with Gasteiger partial charge in [-0.3, -0.25) is 19.2 Å². The average molecular weight is 617 g/mol. The maximum absolute atomic E-state index is 14.0. The molecular weight excluding hydrogens is 576 g/mol. The van der Waals surface area contributed by atoms with Crippen molar-refractivity contribution >= 4 is 35.3 Å². The summed E-state index contributed by atoms with van der Waals surface area (Å²) in [5.41, 5.74) is 2.80. The highest BCUT2D eigenvalue weighted by Gasteiger charge is 2.31. The third-order valence-electron chi connectivity index (χ3n) is 8.25. The van der Waals surface area contributed by atoms with Crippen molar-refractivity contribution in [3.8, 4) is 11.4 Å². The van der Waals surface area contributed by atoms with E-state index in [0.29, 0.717) is 73.8 Å². The van der Waals surface area contributed by atoms with Gasteiger partial charge in [-0.05, 0) is 48.8 Å². The molecule has 0 fully saturated rings. The lowest BCUT2D eigenvalue weighted by Gasteiger charge is -2.28. The lowest BCUT2D eigenvalue weighted by molar-refractivity contribution is -0.129. The molecule has 2 atom stereocenters. The molecule has 232 valence electrons. The first kappa shape index (κ1) is 31.4. The van der Waals surface area contributed by atoms with Crippen LogP contribution in [0.1, 0.15) is 77.7 Å². The van der Waals surface area contributed by atoms with E-state index in [2.05, 4.69) is 10.6 Å². The Morgan fingerprint density at radius 1 is 0.977 bits per heavy atom. The molecule has 11 heteroatoms. The summed E-state index contributed by atoms with van der Waals surface area (Å²) in [7, 11) is 0. The lowest BCUT2D eigenvalue weighted by atomic mass is 10.0. The zero-order valence-corrected chi connectivity index (χ0v) is 26.4. The van der Waals surface area contributed by atoms with Crippen LogP contribution < -0.4 is 10.6 Å². The van der Waals surface area contributed by atoms with Crippen molar-refractivity contribution in [2.24, 2.45) is 5.92 Å². The van der Waals surface area contributed by atoms with Gasteiger partial charge in [-0.1, -0.05) is 56.3 Å². The maximum atomic E-state index is 14.0. The Hall–Kier alpha value is -3.99. The van der Waals surface area contributed by atoms with E-state index in [1.54, 1.807) is 39.5 Å². The van der Waals surface area contributed by atoms with Crippen LogP contribution >= 0.6 is 11.8 Å². The number of fused-ring (bicyclic) bond motifs is 2. The number of benzene rings is 2. The Bertz CT molecular complexity index is 1520. The summed E-state index contributed by atoms with van der Waals surface area (Å²) in [6.45, 7) is 5.03. The first-order valence-corrected chi connectivity index (χ1v) is 16.7. The third-order valence-corrected chi connectivity index (χ3v) is 8.89. The first-order valence-electron chi connectivity index (χ1n) is 15.3. The van der Waals surface area contributed by atoms with E-state index in [9.17, 15) is 19.2 Å². The Kier molecular flexibility index (Phi) is 10.1. The molecule has 3 amide bonds. The molecule has 2 aliphatic rings. The molecule has 10 nitrogen and oxygen atoms in total. The van der Waals surface area contributed by atoms with E-state index < -0.39 is 12.1 Å². The molecule has 0 radical (unpaired) electrons. The van der Waals surface area contributed by atoms with Crippen LogP contribution in [0, 0.1) is 5.92 Å². The summed E-state index contributed by atoms with van der Waals surface area (Å²) < 4.78 is 1.80. The van der Waals surface area contributed by atoms with Crippen molar-refractivity contribution in [2.45, 2.75) is 64.6 Å². The van der Waals surface area contributed by atoms with Crippen molar-refractivity contribution in [3.63, 3.8) is 0 Å². The Balaban J connectivity index is 1.53. The molecule has 2 heterocycles. The molecule has 1 aromatic heterocycles. The predicted molar refractivity (Wildman–Crippen MR) is 170 cm³/mol. The van der Waals surface area contributed by atoms with E-state index in [0.717, 1.165) is 11.1 Å². The van der Waals surface area contributed by atoms with Gasteiger partial charge in [-0.25, -0.2) is 9.67 Å². The van der Waals surface area contributed by atoms with Gasteiger partial charge in [0, 0.05) is 42.6 Å². The Morgan fingerprint density at radius 3 is 2.52 bits per heavy atom. The van der Waals surface area contributed by atoms with Crippen LogP contribution in [0.3, 0.4) is 0 Å². The molecule has 2 N–H and O–H groups in total. The summed E-state index contributed by atoms with van der Waals surface area (Å²) >= 11 is 1.62. The SMILES string of the molecule is CSCC[C@@H]1NC(=O)CCCN(C(=O)c2cccc3c2CCC3=O)CCn2nc(-c3ccccc3)nc2[C@@H](C(C)C)NC1=O. The first-order chi connectivity index (χ1) is 21.3. The second-order valence-electron chi connectivity index (χ2n) is 11.7. The number of rotatable bonds is 6. The summed E-state index contributed by atoms with van der Waals surface area (Å²) in [5.74, 6) is 1.24. The number of ketones is 1. The van der Waals surface area contributed by atoms with E-state index in [1.807, 2.05) is 50.4 Å². The quantitative estimate of drug-likeness (QED) is 0.428. The van der Waals surface area contributed by atoms with Gasteiger partial charge < -0.3 is 15.5 Å². The molecule has 0 bridgehead atoms. The van der Waals surface area contributed by atoms with E-state index in [1.165, 1.54) is 0 Å². The number of carbonyl (C=O) groups is 4. The molecule has 0 spiro atoms. The molecule has 1 aliphatic heterocycles. The van der Waals surface area contributed by atoms with Crippen LogP contribution in [-0.4, -0.2) is 74.3 Å². The lowest BCUT2D eigenvalue weighted by Crippen LogP contribution is -2.49. The van der Waals surface area contributed by atoms with Crippen LogP contribution in [0.4, 0.5) is 0 Å². The third kappa shape index (κ3) is 7.04. The van der Waals surface area contributed by atoms with Crippen molar-refractivity contribution in [2.75, 3.05) is 25.1 Å². The highest BCUT2D eigenvalue weighted by molar-refractivity contribution is 7.98. The standard InChI is InChI=1S/C33H40N6O4S/c1-21(2)29-31-36-30(22-9-5-4-6-10-22)37-39(31)19-18-38(33(43)25-12-7-11-24-23(25)14-15-27(24)40)17-8-13-28(41)34-26(16-20-44-3)32(42)35-29/h4-7,9-12,21,26,29H,8,13-20H2,1-3H3,(H,34,41)(H,35,42)/t26-,29+/m0/s1. The summed E-state index contributed by atoms with van der Waals surface area (Å²) in [4.78, 5) is 59.7. The highest BCUT2D eigenvalue weighted by atomic mass is 32.2. The number of hydrogen-bond acceptors (Lipinski definition) is 7. The smallest absolute Gasteiger partial charge is 0.254 e. The second kappa shape index (κ2) is 14.2. The fourth-order valence-electron chi connectivity index (χ4n) is 5.83. The van der Waals surface area contributed by atoms with Crippen LogP contribution in [-0.2, 0) is 22.6 Å². The van der Waals surface area contributed by atoms with Gasteiger partial charge in [-0.15, -0.1) is 0 Å². The van der Waals surface area contributed by atoms with Gasteiger partial charge in [0.15, 0.2) is 17.4 Å². The monoisotopic (exact) mass is 616 g/mol. The zero-order valence-electron chi connectivity index (χ0n) is 25.5. The number of Topliss-reactive ketones (excluding diaryl/α,β-unsaturated/α-hetero) is 1. The summed E-state index contributed by atoms with van der Waals surface area (Å²) in [6, 6.07) is 13.8. The number of nitrogens with one attached hydrogen (secondary N) is 2. The van der Waals surface area contributed by atoms with E-state index in [-0.39, 0.29) is 35.8 Å². The number of amides is 3. The Labute approximate surface area is 262 Å². The zero-order chi connectivity index (χ0) is 31.2. The minimum atomic E-state index is -0.689. The van der Waals surface area contributed by atoms with E-state index in [4.69, 9.17) is 10.1 Å². The number of carbonyl (C=O) groups excluding carboxylic acids is 4.